The molecule has 0 radical (unpaired) electrons. The average molecular weight is 215 g/mol. The van der Waals surface area contributed by atoms with E-state index < -0.39 is 0 Å². The van der Waals surface area contributed by atoms with Crippen molar-refractivity contribution in [3.63, 3.8) is 0 Å². The number of hydrogen-bond donors (Lipinski definition) is 0. The highest BCUT2D eigenvalue weighted by Crippen LogP contribution is 2.48. The molecule has 0 spiro atoms. The molecule has 0 aromatic carbocycles. The molecule has 3 fully saturated rings. The second kappa shape index (κ2) is 3.84. The first-order valence-corrected chi connectivity index (χ1v) is 6.18. The molecule has 3 aliphatic rings. The topological polar surface area (TPSA) is 17.1 Å². The van der Waals surface area contributed by atoms with Crippen LogP contribution in [0.4, 0.5) is 0 Å². The smallest absolute Gasteiger partial charge is 0.224 e. The van der Waals surface area contributed by atoms with Crippen molar-refractivity contribution in [1.82, 2.24) is 0 Å². The Balaban J connectivity index is 2.10. The Morgan fingerprint density at radius 1 is 1.21 bits per heavy atom. The summed E-state index contributed by atoms with van der Waals surface area (Å²) in [6, 6.07) is 0. The van der Waals surface area contributed by atoms with Gasteiger partial charge >= 0.3 is 0 Å². The molecule has 1 nitrogen and oxygen atoms in total. The van der Waals surface area contributed by atoms with Gasteiger partial charge in [-0.25, -0.2) is 0 Å². The fourth-order valence-corrected chi connectivity index (χ4v) is 3.56. The zero-order chi connectivity index (χ0) is 10.2. The predicted molar refractivity (Wildman–Crippen MR) is 58.3 cm³/mol. The summed E-state index contributed by atoms with van der Waals surface area (Å²) in [5.41, 5.74) is 0.580. The van der Waals surface area contributed by atoms with E-state index in [-0.39, 0.29) is 11.2 Å². The van der Waals surface area contributed by atoms with Gasteiger partial charge in [0, 0.05) is 5.92 Å². The van der Waals surface area contributed by atoms with Gasteiger partial charge in [0.25, 0.3) is 0 Å². The molecule has 0 saturated heterocycles. The lowest BCUT2D eigenvalue weighted by Gasteiger charge is -2.42. The molecule has 80 valence electrons. The van der Waals surface area contributed by atoms with Gasteiger partial charge in [-0.3, -0.25) is 4.79 Å². The Hall–Kier alpha value is -0.0400. The summed E-state index contributed by atoms with van der Waals surface area (Å²) >= 11 is 5.67. The van der Waals surface area contributed by atoms with E-state index in [2.05, 4.69) is 6.92 Å². The molecule has 2 heteroatoms. The van der Waals surface area contributed by atoms with Crippen molar-refractivity contribution in [2.45, 2.75) is 51.9 Å². The summed E-state index contributed by atoms with van der Waals surface area (Å²) in [5.74, 6) is 0.759. The lowest BCUT2D eigenvalue weighted by atomic mass is 9.63. The monoisotopic (exact) mass is 214 g/mol. The first kappa shape index (κ1) is 10.5. The molecule has 0 amide bonds. The molecule has 0 heterocycles. The van der Waals surface area contributed by atoms with Crippen LogP contribution in [0.15, 0.2) is 0 Å². The van der Waals surface area contributed by atoms with Crippen LogP contribution in [0.3, 0.4) is 0 Å². The molecular weight excluding hydrogens is 196 g/mol. The molecule has 3 saturated carbocycles. The number of hydrogen-bond acceptors (Lipinski definition) is 1. The van der Waals surface area contributed by atoms with E-state index in [4.69, 9.17) is 11.6 Å². The van der Waals surface area contributed by atoms with E-state index in [9.17, 15) is 4.79 Å². The van der Waals surface area contributed by atoms with Crippen LogP contribution in [0.25, 0.3) is 0 Å². The summed E-state index contributed by atoms with van der Waals surface area (Å²) in [5, 5.41) is -0.0829. The Labute approximate surface area is 91.2 Å². The summed E-state index contributed by atoms with van der Waals surface area (Å²) in [6.45, 7) is 2.41. The SMILES string of the molecule is CC12CCCC(C(=O)Cl)C(CC1)CC2. The Morgan fingerprint density at radius 3 is 2.43 bits per heavy atom. The third kappa shape index (κ3) is 1.98. The molecule has 3 rings (SSSR count). The van der Waals surface area contributed by atoms with Gasteiger partial charge in [0.15, 0.2) is 0 Å². The number of carbonyl (C=O) groups is 1. The molecule has 3 aliphatic carbocycles. The summed E-state index contributed by atoms with van der Waals surface area (Å²) in [7, 11) is 0. The predicted octanol–water partition coefficient (Wildman–Crippen LogP) is 3.75. The van der Waals surface area contributed by atoms with Gasteiger partial charge in [-0.1, -0.05) is 13.3 Å². The quantitative estimate of drug-likeness (QED) is 0.608. The lowest BCUT2D eigenvalue weighted by Crippen LogP contribution is -2.33. The lowest BCUT2D eigenvalue weighted by molar-refractivity contribution is -0.118. The molecule has 2 bridgehead atoms. The first-order valence-electron chi connectivity index (χ1n) is 5.80. The molecular formula is C12H19ClO. The largest absolute Gasteiger partial charge is 0.281 e. The van der Waals surface area contributed by atoms with E-state index in [0.717, 1.165) is 6.42 Å². The number of rotatable bonds is 1. The molecule has 0 aliphatic heterocycles. The zero-order valence-corrected chi connectivity index (χ0v) is 9.65. The highest BCUT2D eigenvalue weighted by Gasteiger charge is 2.38. The van der Waals surface area contributed by atoms with Gasteiger partial charge in [-0.05, 0) is 61.5 Å². The van der Waals surface area contributed by atoms with Crippen molar-refractivity contribution in [2.75, 3.05) is 0 Å². The van der Waals surface area contributed by atoms with E-state index in [1.807, 2.05) is 0 Å². The van der Waals surface area contributed by atoms with Crippen molar-refractivity contribution >= 4 is 16.8 Å². The van der Waals surface area contributed by atoms with E-state index in [0.29, 0.717) is 11.3 Å². The van der Waals surface area contributed by atoms with Gasteiger partial charge in [0.1, 0.15) is 0 Å². The molecule has 1 atom stereocenters. The van der Waals surface area contributed by atoms with Crippen LogP contribution in [0.5, 0.6) is 0 Å². The van der Waals surface area contributed by atoms with E-state index >= 15 is 0 Å². The highest BCUT2D eigenvalue weighted by molar-refractivity contribution is 6.64. The third-order valence-corrected chi connectivity index (χ3v) is 4.67. The molecule has 14 heavy (non-hydrogen) atoms. The maximum atomic E-state index is 11.3. The minimum Gasteiger partial charge on any atom is -0.281 e. The number of fused-ring (bicyclic) bond motifs is 5. The minimum absolute atomic E-state index is 0.0829. The summed E-state index contributed by atoms with van der Waals surface area (Å²) < 4.78 is 0. The zero-order valence-electron chi connectivity index (χ0n) is 8.89. The fourth-order valence-electron chi connectivity index (χ4n) is 3.27. The van der Waals surface area contributed by atoms with Gasteiger partial charge in [0.2, 0.25) is 5.24 Å². The third-order valence-electron chi connectivity index (χ3n) is 4.39. The van der Waals surface area contributed by atoms with Crippen molar-refractivity contribution in [3.8, 4) is 0 Å². The van der Waals surface area contributed by atoms with Crippen molar-refractivity contribution in [1.29, 1.82) is 0 Å². The second-order valence-corrected chi connectivity index (χ2v) is 5.82. The Kier molecular flexibility index (Phi) is 2.88. The summed E-state index contributed by atoms with van der Waals surface area (Å²) in [6.07, 6.45) is 8.56. The van der Waals surface area contributed by atoms with Crippen LogP contribution in [0, 0.1) is 17.3 Å². The Morgan fingerprint density at radius 2 is 1.86 bits per heavy atom. The van der Waals surface area contributed by atoms with Crippen LogP contribution in [0.1, 0.15) is 51.9 Å². The molecule has 0 N–H and O–H groups in total. The van der Waals surface area contributed by atoms with Crippen LogP contribution in [-0.4, -0.2) is 5.24 Å². The fraction of sp³-hybridized carbons (Fsp3) is 0.917. The van der Waals surface area contributed by atoms with Crippen LogP contribution >= 0.6 is 11.6 Å². The normalized spacial score (nSPS) is 43.0. The average Bonchev–Trinajstić information content (AvgIpc) is 2.09. The number of carbonyl (C=O) groups excluding carboxylic acids is 1. The molecule has 1 unspecified atom stereocenters. The second-order valence-electron chi connectivity index (χ2n) is 5.45. The Bertz CT molecular complexity index is 223. The summed E-state index contributed by atoms with van der Waals surface area (Å²) in [4.78, 5) is 11.3. The number of halogens is 1. The van der Waals surface area contributed by atoms with Gasteiger partial charge in [-0.2, -0.15) is 0 Å². The first-order chi connectivity index (χ1) is 6.61. The van der Waals surface area contributed by atoms with Crippen LogP contribution < -0.4 is 0 Å². The molecule has 0 aromatic heterocycles. The van der Waals surface area contributed by atoms with Crippen molar-refractivity contribution < 1.29 is 4.79 Å². The van der Waals surface area contributed by atoms with Gasteiger partial charge in [-0.15, -0.1) is 0 Å². The standard InChI is InChI=1S/C12H19ClO/c1-12-6-2-3-10(11(13)14)9(4-7-12)5-8-12/h9-10H,2-8H2,1H3. The van der Waals surface area contributed by atoms with Gasteiger partial charge < -0.3 is 0 Å². The van der Waals surface area contributed by atoms with Crippen LogP contribution in [-0.2, 0) is 4.79 Å². The van der Waals surface area contributed by atoms with Gasteiger partial charge in [0.05, 0.1) is 0 Å². The van der Waals surface area contributed by atoms with Crippen molar-refractivity contribution in [3.05, 3.63) is 0 Å². The van der Waals surface area contributed by atoms with E-state index in [1.165, 1.54) is 38.5 Å². The van der Waals surface area contributed by atoms with Crippen LogP contribution in [0.2, 0.25) is 0 Å². The minimum atomic E-state index is -0.0829. The molecule has 0 aromatic rings. The highest BCUT2D eigenvalue weighted by atomic mass is 35.5. The maximum Gasteiger partial charge on any atom is 0.224 e. The van der Waals surface area contributed by atoms with E-state index in [1.54, 1.807) is 0 Å². The maximum absolute atomic E-state index is 11.3. The van der Waals surface area contributed by atoms with Crippen molar-refractivity contribution in [2.24, 2.45) is 17.3 Å².